The third-order valence-electron chi connectivity index (χ3n) is 3.13. The van der Waals surface area contributed by atoms with Crippen molar-refractivity contribution < 1.29 is 27.4 Å². The van der Waals surface area contributed by atoms with E-state index in [9.17, 15) is 22.7 Å². The van der Waals surface area contributed by atoms with Gasteiger partial charge in [-0.3, -0.25) is 0 Å². The van der Waals surface area contributed by atoms with Crippen molar-refractivity contribution in [3.8, 4) is 5.75 Å². The zero-order chi connectivity index (χ0) is 17.7. The molecule has 0 heterocycles. The van der Waals surface area contributed by atoms with Gasteiger partial charge < -0.3 is 14.6 Å². The smallest absolute Gasteiger partial charge is 0.243 e. The van der Waals surface area contributed by atoms with Crippen molar-refractivity contribution in [1.29, 1.82) is 0 Å². The highest BCUT2D eigenvalue weighted by Gasteiger charge is 2.19. The molecule has 0 bridgehead atoms. The number of carboxylic acid groups (broad SMARTS) is 1. The number of halogens is 1. The van der Waals surface area contributed by atoms with Gasteiger partial charge in [0.25, 0.3) is 0 Å². The molecule has 2 rings (SSSR count). The maximum absolute atomic E-state index is 13.8. The second kappa shape index (κ2) is 7.41. The van der Waals surface area contributed by atoms with E-state index in [1.165, 1.54) is 0 Å². The van der Waals surface area contributed by atoms with Crippen molar-refractivity contribution in [3.63, 3.8) is 0 Å². The molecular formula is C16H15FNO5S-. The number of carboxylic acids is 1. The van der Waals surface area contributed by atoms with Crippen LogP contribution < -0.4 is 14.6 Å². The fourth-order valence-electron chi connectivity index (χ4n) is 2.00. The molecule has 0 fully saturated rings. The summed E-state index contributed by atoms with van der Waals surface area (Å²) in [6.07, 6.45) is 0. The standard InChI is InChI=1S/C16H16FNO5S/c1-2-23-13-5-3-4-11(8-13)10-18-24(21,22)15-9-12(16(19)20)6-7-14(15)17/h3-9,18H,2,10H2,1H3,(H,19,20)/p-1. The minimum atomic E-state index is -4.23. The Balaban J connectivity index is 2.21. The number of carbonyl (C=O) groups excluding carboxylic acids is 1. The van der Waals surface area contributed by atoms with Crippen LogP contribution in [0.4, 0.5) is 4.39 Å². The molecular weight excluding hydrogens is 337 g/mol. The van der Waals surface area contributed by atoms with E-state index in [0.29, 0.717) is 17.9 Å². The van der Waals surface area contributed by atoms with E-state index in [1.54, 1.807) is 24.3 Å². The summed E-state index contributed by atoms with van der Waals surface area (Å²) in [6, 6.07) is 9.20. The second-order valence-corrected chi connectivity index (χ2v) is 6.57. The number of hydrogen-bond acceptors (Lipinski definition) is 5. The molecule has 6 nitrogen and oxygen atoms in total. The number of aromatic carboxylic acids is 1. The van der Waals surface area contributed by atoms with Crippen molar-refractivity contribution in [2.24, 2.45) is 0 Å². The Morgan fingerprint density at radius 2 is 2.00 bits per heavy atom. The highest BCUT2D eigenvalue weighted by molar-refractivity contribution is 7.89. The normalized spacial score (nSPS) is 11.2. The summed E-state index contributed by atoms with van der Waals surface area (Å²) < 4.78 is 45.7. The lowest BCUT2D eigenvalue weighted by molar-refractivity contribution is -0.255. The molecule has 0 spiro atoms. The average molecular weight is 352 g/mol. The second-order valence-electron chi connectivity index (χ2n) is 4.84. The van der Waals surface area contributed by atoms with Crippen molar-refractivity contribution in [2.75, 3.05) is 6.61 Å². The SMILES string of the molecule is CCOc1cccc(CNS(=O)(=O)c2cc(C(=O)[O-])ccc2F)c1. The van der Waals surface area contributed by atoms with Crippen molar-refractivity contribution in [3.05, 3.63) is 59.4 Å². The molecule has 0 radical (unpaired) electrons. The van der Waals surface area contributed by atoms with Crippen LogP contribution >= 0.6 is 0 Å². The molecule has 8 heteroatoms. The molecule has 2 aromatic carbocycles. The monoisotopic (exact) mass is 352 g/mol. The Bertz CT molecular complexity index is 851. The van der Waals surface area contributed by atoms with Crippen LogP contribution in [-0.2, 0) is 16.6 Å². The third-order valence-corrected chi connectivity index (χ3v) is 4.55. The molecule has 1 N–H and O–H groups in total. The minimum Gasteiger partial charge on any atom is -0.545 e. The number of benzene rings is 2. The Morgan fingerprint density at radius 3 is 2.67 bits per heavy atom. The zero-order valence-corrected chi connectivity index (χ0v) is 13.6. The van der Waals surface area contributed by atoms with Gasteiger partial charge in [-0.25, -0.2) is 17.5 Å². The van der Waals surface area contributed by atoms with Crippen LogP contribution in [0, 0.1) is 5.82 Å². The highest BCUT2D eigenvalue weighted by Crippen LogP contribution is 2.18. The first-order valence-corrected chi connectivity index (χ1v) is 8.54. The molecule has 0 saturated heterocycles. The van der Waals surface area contributed by atoms with E-state index in [-0.39, 0.29) is 6.54 Å². The Labute approximate surface area is 138 Å². The van der Waals surface area contributed by atoms with Crippen LogP contribution in [0.2, 0.25) is 0 Å². The van der Waals surface area contributed by atoms with Gasteiger partial charge >= 0.3 is 0 Å². The fraction of sp³-hybridized carbons (Fsp3) is 0.188. The molecule has 0 amide bonds. The number of sulfonamides is 1. The van der Waals surface area contributed by atoms with Crippen LogP contribution in [0.1, 0.15) is 22.8 Å². The molecule has 128 valence electrons. The van der Waals surface area contributed by atoms with Gasteiger partial charge in [0.2, 0.25) is 10.0 Å². The summed E-state index contributed by atoms with van der Waals surface area (Å²) in [5.41, 5.74) is 0.191. The first kappa shape index (κ1) is 17.9. The highest BCUT2D eigenvalue weighted by atomic mass is 32.2. The first-order valence-electron chi connectivity index (χ1n) is 7.06. The molecule has 24 heavy (non-hydrogen) atoms. The molecule has 2 aromatic rings. The van der Waals surface area contributed by atoms with Gasteiger partial charge in [0, 0.05) is 6.54 Å². The van der Waals surface area contributed by atoms with Crippen LogP contribution in [0.3, 0.4) is 0 Å². The summed E-state index contributed by atoms with van der Waals surface area (Å²) in [5.74, 6) is -2.05. The number of ether oxygens (including phenoxy) is 1. The summed E-state index contributed by atoms with van der Waals surface area (Å²) in [5, 5.41) is 10.8. The summed E-state index contributed by atoms with van der Waals surface area (Å²) in [7, 11) is -4.23. The summed E-state index contributed by atoms with van der Waals surface area (Å²) in [6.45, 7) is 2.19. The topological polar surface area (TPSA) is 95.5 Å². The molecule has 0 saturated carbocycles. The molecule has 0 aliphatic carbocycles. The summed E-state index contributed by atoms with van der Waals surface area (Å²) in [4.78, 5) is 10.1. The van der Waals surface area contributed by atoms with E-state index >= 15 is 0 Å². The van der Waals surface area contributed by atoms with Crippen LogP contribution in [-0.4, -0.2) is 21.0 Å². The van der Waals surface area contributed by atoms with Crippen LogP contribution in [0.5, 0.6) is 5.75 Å². The van der Waals surface area contributed by atoms with Crippen molar-refractivity contribution in [1.82, 2.24) is 4.72 Å². The van der Waals surface area contributed by atoms with Gasteiger partial charge in [-0.05, 0) is 42.3 Å². The largest absolute Gasteiger partial charge is 0.545 e. The van der Waals surface area contributed by atoms with Crippen molar-refractivity contribution >= 4 is 16.0 Å². The third kappa shape index (κ3) is 4.30. The maximum atomic E-state index is 13.8. The molecule has 0 aliphatic rings. The van der Waals surface area contributed by atoms with E-state index in [0.717, 1.165) is 18.2 Å². The Hall–Kier alpha value is -2.45. The number of rotatable bonds is 7. The van der Waals surface area contributed by atoms with Crippen LogP contribution in [0.15, 0.2) is 47.4 Å². The van der Waals surface area contributed by atoms with Gasteiger partial charge in [0.1, 0.15) is 16.5 Å². The molecule has 0 aliphatic heterocycles. The van der Waals surface area contributed by atoms with E-state index < -0.39 is 32.3 Å². The van der Waals surface area contributed by atoms with Gasteiger partial charge in [-0.2, -0.15) is 0 Å². The predicted molar refractivity (Wildman–Crippen MR) is 82.4 cm³/mol. The lowest BCUT2D eigenvalue weighted by atomic mass is 10.2. The van der Waals surface area contributed by atoms with Gasteiger partial charge in [-0.1, -0.05) is 18.2 Å². The van der Waals surface area contributed by atoms with E-state index in [2.05, 4.69) is 4.72 Å². The Kier molecular flexibility index (Phi) is 5.53. The summed E-state index contributed by atoms with van der Waals surface area (Å²) >= 11 is 0. The van der Waals surface area contributed by atoms with Crippen molar-refractivity contribution in [2.45, 2.75) is 18.4 Å². The number of hydrogen-bond donors (Lipinski definition) is 1. The first-order chi connectivity index (χ1) is 11.3. The van der Waals surface area contributed by atoms with Gasteiger partial charge in [-0.15, -0.1) is 0 Å². The van der Waals surface area contributed by atoms with E-state index in [4.69, 9.17) is 4.74 Å². The molecule has 0 unspecified atom stereocenters. The number of carbonyl (C=O) groups is 1. The number of nitrogens with one attached hydrogen (secondary N) is 1. The quantitative estimate of drug-likeness (QED) is 0.804. The van der Waals surface area contributed by atoms with Gasteiger partial charge in [0.05, 0.1) is 12.6 Å². The Morgan fingerprint density at radius 1 is 1.25 bits per heavy atom. The molecule has 0 atom stereocenters. The van der Waals surface area contributed by atoms with Crippen LogP contribution in [0.25, 0.3) is 0 Å². The molecule has 0 aromatic heterocycles. The lowest BCUT2D eigenvalue weighted by Crippen LogP contribution is -2.26. The predicted octanol–water partition coefficient (Wildman–Crippen LogP) is 1.07. The lowest BCUT2D eigenvalue weighted by Gasteiger charge is -2.11. The van der Waals surface area contributed by atoms with Gasteiger partial charge in [0.15, 0.2) is 0 Å². The fourth-order valence-corrected chi connectivity index (χ4v) is 3.12. The minimum absolute atomic E-state index is 0.0990. The average Bonchev–Trinajstić information content (AvgIpc) is 2.54. The maximum Gasteiger partial charge on any atom is 0.243 e. The van der Waals surface area contributed by atoms with E-state index in [1.807, 2.05) is 6.92 Å². The zero-order valence-electron chi connectivity index (χ0n) is 12.8.